The molecule has 0 radical (unpaired) electrons. The number of benzene rings is 1. The molecule has 156 valence electrons. The molecule has 0 spiro atoms. The lowest BCUT2D eigenvalue weighted by atomic mass is 10.0. The molecule has 0 saturated carbocycles. The highest BCUT2D eigenvalue weighted by Gasteiger charge is 2.32. The van der Waals surface area contributed by atoms with Gasteiger partial charge in [-0.3, -0.25) is 14.5 Å². The number of hydrogen-bond acceptors (Lipinski definition) is 5. The largest absolute Gasteiger partial charge is 0.497 e. The number of likely N-dealkylation sites (tertiary alicyclic amines) is 1. The standard InChI is InChI=1S/C21H33N3O4/c1-6-23(13-20(25)22-15(2)3)14-21(26)24-11-7-8-18(24)17-12-16(27-4)9-10-19(17)28-5/h9-10,12,15,18H,6-8,11,13-14H2,1-5H3,(H,22,25)/t18-/m1/s1. The number of nitrogens with zero attached hydrogens (tertiary/aromatic N) is 2. The Bertz CT molecular complexity index is 678. The molecular weight excluding hydrogens is 358 g/mol. The first-order valence-corrected chi connectivity index (χ1v) is 9.92. The third-order valence-corrected chi connectivity index (χ3v) is 4.99. The highest BCUT2D eigenvalue weighted by atomic mass is 16.5. The average molecular weight is 392 g/mol. The van der Waals surface area contributed by atoms with Gasteiger partial charge in [-0.25, -0.2) is 0 Å². The summed E-state index contributed by atoms with van der Waals surface area (Å²) in [6.45, 7) is 7.61. The fourth-order valence-corrected chi connectivity index (χ4v) is 3.62. The zero-order chi connectivity index (χ0) is 20.7. The molecule has 1 saturated heterocycles. The molecule has 0 aliphatic carbocycles. The summed E-state index contributed by atoms with van der Waals surface area (Å²) in [6.07, 6.45) is 1.83. The molecule has 1 atom stereocenters. The number of carbonyl (C=O) groups excluding carboxylic acids is 2. The molecule has 1 aromatic carbocycles. The molecule has 28 heavy (non-hydrogen) atoms. The van der Waals surface area contributed by atoms with Gasteiger partial charge in [0.2, 0.25) is 11.8 Å². The molecular formula is C21H33N3O4. The third-order valence-electron chi connectivity index (χ3n) is 4.99. The second-order valence-electron chi connectivity index (χ2n) is 7.38. The summed E-state index contributed by atoms with van der Waals surface area (Å²) < 4.78 is 10.9. The summed E-state index contributed by atoms with van der Waals surface area (Å²) in [5.41, 5.74) is 0.966. The smallest absolute Gasteiger partial charge is 0.237 e. The van der Waals surface area contributed by atoms with Crippen LogP contribution in [-0.4, -0.2) is 68.1 Å². The predicted molar refractivity (Wildman–Crippen MR) is 109 cm³/mol. The fourth-order valence-electron chi connectivity index (χ4n) is 3.62. The van der Waals surface area contributed by atoms with Crippen molar-refractivity contribution < 1.29 is 19.1 Å². The van der Waals surface area contributed by atoms with E-state index in [0.717, 1.165) is 29.9 Å². The van der Waals surface area contributed by atoms with Gasteiger partial charge in [-0.1, -0.05) is 6.92 Å². The van der Waals surface area contributed by atoms with Crippen molar-refractivity contribution >= 4 is 11.8 Å². The quantitative estimate of drug-likeness (QED) is 0.699. The van der Waals surface area contributed by atoms with Crippen molar-refractivity contribution in [3.63, 3.8) is 0 Å². The van der Waals surface area contributed by atoms with E-state index >= 15 is 0 Å². The molecule has 0 bridgehead atoms. The van der Waals surface area contributed by atoms with Crippen molar-refractivity contribution in [1.29, 1.82) is 0 Å². The number of amides is 2. The van der Waals surface area contributed by atoms with Crippen molar-refractivity contribution in [3.05, 3.63) is 23.8 Å². The van der Waals surface area contributed by atoms with Crippen LogP contribution >= 0.6 is 0 Å². The van der Waals surface area contributed by atoms with Gasteiger partial charge in [0.15, 0.2) is 0 Å². The van der Waals surface area contributed by atoms with Crippen LogP contribution < -0.4 is 14.8 Å². The minimum absolute atomic E-state index is 0.0339. The van der Waals surface area contributed by atoms with Crippen molar-refractivity contribution in [3.8, 4) is 11.5 Å². The third kappa shape index (κ3) is 5.61. The van der Waals surface area contributed by atoms with Crippen LogP contribution in [0.3, 0.4) is 0 Å². The highest BCUT2D eigenvalue weighted by Crippen LogP contribution is 2.38. The Kier molecular flexibility index (Phi) is 8.11. The molecule has 7 heteroatoms. The number of hydrogen-bond donors (Lipinski definition) is 1. The molecule has 2 amide bonds. The van der Waals surface area contributed by atoms with E-state index in [0.29, 0.717) is 13.1 Å². The molecule has 1 N–H and O–H groups in total. The maximum Gasteiger partial charge on any atom is 0.237 e. The summed E-state index contributed by atoms with van der Waals surface area (Å²) in [4.78, 5) is 28.9. The summed E-state index contributed by atoms with van der Waals surface area (Å²) in [6, 6.07) is 5.73. The first-order chi connectivity index (χ1) is 13.4. The first-order valence-electron chi connectivity index (χ1n) is 9.92. The zero-order valence-corrected chi connectivity index (χ0v) is 17.7. The van der Waals surface area contributed by atoms with E-state index < -0.39 is 0 Å². The van der Waals surface area contributed by atoms with Gasteiger partial charge in [0, 0.05) is 18.2 Å². The molecule has 1 fully saturated rings. The Morgan fingerprint density at radius 2 is 2.00 bits per heavy atom. The Morgan fingerprint density at radius 3 is 2.61 bits per heavy atom. The van der Waals surface area contributed by atoms with E-state index in [1.54, 1.807) is 14.2 Å². The molecule has 1 aliphatic rings. The summed E-state index contributed by atoms with van der Waals surface area (Å²) in [5.74, 6) is 1.48. The lowest BCUT2D eigenvalue weighted by molar-refractivity contribution is -0.134. The van der Waals surface area contributed by atoms with E-state index in [1.807, 2.05) is 48.8 Å². The van der Waals surface area contributed by atoms with Crippen LogP contribution in [0.4, 0.5) is 0 Å². The average Bonchev–Trinajstić information content (AvgIpc) is 3.15. The molecule has 0 unspecified atom stereocenters. The van der Waals surface area contributed by atoms with Crippen LogP contribution in [-0.2, 0) is 9.59 Å². The van der Waals surface area contributed by atoms with E-state index in [4.69, 9.17) is 9.47 Å². The maximum atomic E-state index is 13.0. The number of methoxy groups -OCH3 is 2. The summed E-state index contributed by atoms with van der Waals surface area (Å²) in [5, 5.41) is 2.88. The minimum atomic E-state index is -0.0583. The lowest BCUT2D eigenvalue weighted by Gasteiger charge is -2.29. The van der Waals surface area contributed by atoms with Gasteiger partial charge >= 0.3 is 0 Å². The van der Waals surface area contributed by atoms with Crippen LogP contribution in [0.2, 0.25) is 0 Å². The minimum Gasteiger partial charge on any atom is -0.497 e. The van der Waals surface area contributed by atoms with Gasteiger partial charge in [-0.05, 0) is 51.4 Å². The summed E-state index contributed by atoms with van der Waals surface area (Å²) >= 11 is 0. The van der Waals surface area contributed by atoms with Crippen molar-refractivity contribution in [2.45, 2.75) is 45.7 Å². The van der Waals surface area contributed by atoms with Crippen LogP contribution in [0.5, 0.6) is 11.5 Å². The number of nitrogens with one attached hydrogen (secondary N) is 1. The Morgan fingerprint density at radius 1 is 1.25 bits per heavy atom. The number of ether oxygens (including phenoxy) is 2. The van der Waals surface area contributed by atoms with Crippen LogP contribution in [0, 0.1) is 0 Å². The van der Waals surface area contributed by atoms with E-state index in [-0.39, 0.29) is 37.0 Å². The molecule has 1 aliphatic heterocycles. The second-order valence-corrected chi connectivity index (χ2v) is 7.38. The Balaban J connectivity index is 2.11. The van der Waals surface area contributed by atoms with Gasteiger partial charge in [0.1, 0.15) is 11.5 Å². The Labute approximate surface area is 168 Å². The number of likely N-dealkylation sites (N-methyl/N-ethyl adjacent to an activating group) is 1. The monoisotopic (exact) mass is 391 g/mol. The summed E-state index contributed by atoms with van der Waals surface area (Å²) in [7, 11) is 3.27. The highest BCUT2D eigenvalue weighted by molar-refractivity contribution is 5.82. The molecule has 7 nitrogen and oxygen atoms in total. The number of rotatable bonds is 9. The fraction of sp³-hybridized carbons (Fsp3) is 0.619. The Hall–Kier alpha value is -2.28. The normalized spacial score (nSPS) is 16.5. The van der Waals surface area contributed by atoms with Gasteiger partial charge in [-0.2, -0.15) is 0 Å². The van der Waals surface area contributed by atoms with Crippen molar-refractivity contribution in [2.75, 3.05) is 40.4 Å². The van der Waals surface area contributed by atoms with Crippen molar-refractivity contribution in [1.82, 2.24) is 15.1 Å². The molecule has 2 rings (SSSR count). The molecule has 1 heterocycles. The van der Waals surface area contributed by atoms with Crippen LogP contribution in [0.25, 0.3) is 0 Å². The van der Waals surface area contributed by atoms with Gasteiger partial charge in [0.25, 0.3) is 0 Å². The van der Waals surface area contributed by atoms with E-state index in [2.05, 4.69) is 5.32 Å². The SMILES string of the molecule is CCN(CC(=O)NC(C)C)CC(=O)N1CCC[C@@H]1c1cc(OC)ccc1OC. The van der Waals surface area contributed by atoms with E-state index in [1.165, 1.54) is 0 Å². The number of carbonyl (C=O) groups is 2. The van der Waals surface area contributed by atoms with Gasteiger partial charge < -0.3 is 19.7 Å². The zero-order valence-electron chi connectivity index (χ0n) is 17.7. The van der Waals surface area contributed by atoms with Crippen LogP contribution in [0.15, 0.2) is 18.2 Å². The van der Waals surface area contributed by atoms with E-state index in [9.17, 15) is 9.59 Å². The van der Waals surface area contributed by atoms with Crippen molar-refractivity contribution in [2.24, 2.45) is 0 Å². The second kappa shape index (κ2) is 10.3. The van der Waals surface area contributed by atoms with Crippen LogP contribution in [0.1, 0.15) is 45.2 Å². The topological polar surface area (TPSA) is 71.1 Å². The first kappa shape index (κ1) is 22.0. The predicted octanol–water partition coefficient (Wildman–Crippen LogP) is 2.21. The molecule has 1 aromatic rings. The van der Waals surface area contributed by atoms with Gasteiger partial charge in [0.05, 0.1) is 33.4 Å². The lowest BCUT2D eigenvalue weighted by Crippen LogP contribution is -2.45. The molecule has 0 aromatic heterocycles. The maximum absolute atomic E-state index is 13.0. The van der Waals surface area contributed by atoms with Gasteiger partial charge in [-0.15, -0.1) is 0 Å².